The van der Waals surface area contributed by atoms with E-state index in [0.29, 0.717) is 0 Å². The highest BCUT2D eigenvalue weighted by Gasteiger charge is 2.14. The molecule has 0 aliphatic rings. The molecule has 7 heteroatoms. The van der Waals surface area contributed by atoms with E-state index in [-0.39, 0.29) is 27.9 Å². The summed E-state index contributed by atoms with van der Waals surface area (Å²) in [5, 5.41) is 17.7. The Morgan fingerprint density at radius 1 is 1.40 bits per heavy atom. The van der Waals surface area contributed by atoms with Crippen LogP contribution in [0.2, 0.25) is 5.02 Å². The Bertz CT molecular complexity index is 728. The average molecular weight is 293 g/mol. The zero-order valence-corrected chi connectivity index (χ0v) is 10.6. The molecule has 0 radical (unpaired) electrons. The summed E-state index contributed by atoms with van der Waals surface area (Å²) in [6.07, 6.45) is 0. The number of pyridine rings is 1. The molecule has 1 heterocycles. The van der Waals surface area contributed by atoms with E-state index in [2.05, 4.69) is 4.98 Å². The predicted molar refractivity (Wildman–Crippen MR) is 67.4 cm³/mol. The summed E-state index contributed by atoms with van der Waals surface area (Å²) in [6.45, 7) is 0. The van der Waals surface area contributed by atoms with Crippen LogP contribution in [0.15, 0.2) is 30.3 Å². The molecule has 0 spiro atoms. The Kier molecular flexibility index (Phi) is 3.82. The van der Waals surface area contributed by atoms with E-state index >= 15 is 0 Å². The van der Waals surface area contributed by atoms with Crippen molar-refractivity contribution in [2.75, 3.05) is 0 Å². The molecule has 0 fully saturated rings. The van der Waals surface area contributed by atoms with E-state index in [1.54, 1.807) is 6.07 Å². The Balaban J connectivity index is 2.41. The summed E-state index contributed by atoms with van der Waals surface area (Å²) < 4.78 is 18.6. The Hall–Kier alpha value is -2.65. The summed E-state index contributed by atoms with van der Waals surface area (Å²) in [5.41, 5.74) is -0.680. The Morgan fingerprint density at radius 3 is 2.80 bits per heavy atom. The number of hydrogen-bond donors (Lipinski definition) is 1. The van der Waals surface area contributed by atoms with Crippen LogP contribution < -0.4 is 4.74 Å². The van der Waals surface area contributed by atoms with Crippen molar-refractivity contribution in [1.29, 1.82) is 5.26 Å². The lowest BCUT2D eigenvalue weighted by molar-refractivity contribution is 0.0690. The van der Waals surface area contributed by atoms with Crippen LogP contribution in [-0.2, 0) is 0 Å². The molecule has 0 saturated heterocycles. The molecule has 0 atom stereocenters. The van der Waals surface area contributed by atoms with E-state index in [4.69, 9.17) is 26.7 Å². The van der Waals surface area contributed by atoms with Crippen molar-refractivity contribution >= 4 is 17.6 Å². The minimum atomic E-state index is -1.32. The molecular weight excluding hydrogens is 287 g/mol. The van der Waals surface area contributed by atoms with E-state index in [0.717, 1.165) is 6.07 Å². The highest BCUT2D eigenvalue weighted by atomic mass is 35.5. The highest BCUT2D eigenvalue weighted by molar-refractivity contribution is 6.33. The molecule has 5 nitrogen and oxygen atoms in total. The van der Waals surface area contributed by atoms with Crippen molar-refractivity contribution in [3.8, 4) is 17.7 Å². The number of ether oxygens (including phenoxy) is 1. The summed E-state index contributed by atoms with van der Waals surface area (Å²) in [5.74, 6) is -2.22. The number of carboxylic acid groups (broad SMARTS) is 1. The van der Waals surface area contributed by atoms with Gasteiger partial charge in [-0.05, 0) is 18.2 Å². The van der Waals surface area contributed by atoms with Crippen LogP contribution in [0, 0.1) is 17.1 Å². The summed E-state index contributed by atoms with van der Waals surface area (Å²) in [6, 6.07) is 8.12. The van der Waals surface area contributed by atoms with E-state index in [1.165, 1.54) is 24.3 Å². The van der Waals surface area contributed by atoms with Gasteiger partial charge in [0.2, 0.25) is 5.88 Å². The number of carbonyl (C=O) groups is 1. The highest BCUT2D eigenvalue weighted by Crippen LogP contribution is 2.27. The van der Waals surface area contributed by atoms with Crippen molar-refractivity contribution in [1.82, 2.24) is 4.98 Å². The third-order valence-corrected chi connectivity index (χ3v) is 2.63. The zero-order chi connectivity index (χ0) is 14.7. The smallest absolute Gasteiger partial charge is 0.356 e. The maximum Gasteiger partial charge on any atom is 0.356 e. The molecule has 0 aliphatic carbocycles. The number of halogens is 2. The first-order valence-electron chi connectivity index (χ1n) is 5.29. The van der Waals surface area contributed by atoms with Crippen LogP contribution in [0.1, 0.15) is 16.1 Å². The molecule has 0 saturated carbocycles. The van der Waals surface area contributed by atoms with Crippen LogP contribution in [0.25, 0.3) is 0 Å². The van der Waals surface area contributed by atoms with Crippen molar-refractivity contribution in [2.24, 2.45) is 0 Å². The second-order valence-electron chi connectivity index (χ2n) is 3.61. The molecular formula is C13H6ClFN2O3. The molecule has 100 valence electrons. The summed E-state index contributed by atoms with van der Waals surface area (Å²) >= 11 is 5.67. The number of hydrogen-bond acceptors (Lipinski definition) is 4. The minimum Gasteiger partial charge on any atom is -0.476 e. The molecule has 0 amide bonds. The third-order valence-electron chi connectivity index (χ3n) is 2.32. The monoisotopic (exact) mass is 292 g/mol. The van der Waals surface area contributed by atoms with Crippen LogP contribution in [0.5, 0.6) is 11.6 Å². The molecule has 0 bridgehead atoms. The van der Waals surface area contributed by atoms with Crippen molar-refractivity contribution in [3.05, 3.63) is 52.4 Å². The van der Waals surface area contributed by atoms with Gasteiger partial charge in [-0.15, -0.1) is 0 Å². The van der Waals surface area contributed by atoms with Crippen LogP contribution in [0.4, 0.5) is 4.39 Å². The van der Waals surface area contributed by atoms with Crippen molar-refractivity contribution < 1.29 is 19.0 Å². The number of nitrogens with zero attached hydrogens (tertiary/aromatic N) is 2. The third kappa shape index (κ3) is 2.68. The fourth-order valence-corrected chi connectivity index (χ4v) is 1.63. The van der Waals surface area contributed by atoms with Gasteiger partial charge < -0.3 is 9.84 Å². The molecule has 0 aliphatic heterocycles. The van der Waals surface area contributed by atoms with Gasteiger partial charge in [-0.1, -0.05) is 17.7 Å². The predicted octanol–water partition coefficient (Wildman–Crippen LogP) is 3.24. The first-order chi connectivity index (χ1) is 9.52. The normalized spacial score (nSPS) is 9.85. The molecule has 1 N–H and O–H groups in total. The quantitative estimate of drug-likeness (QED) is 0.939. The lowest BCUT2D eigenvalue weighted by Crippen LogP contribution is -2.03. The average Bonchev–Trinajstić information content (AvgIpc) is 2.41. The lowest BCUT2D eigenvalue weighted by Gasteiger charge is -2.08. The summed E-state index contributed by atoms with van der Waals surface area (Å²) in [7, 11) is 0. The second-order valence-corrected chi connectivity index (χ2v) is 4.02. The number of benzene rings is 1. The maximum absolute atomic E-state index is 13.4. The van der Waals surface area contributed by atoms with Crippen molar-refractivity contribution in [3.63, 3.8) is 0 Å². The van der Waals surface area contributed by atoms with Gasteiger partial charge in [-0.2, -0.15) is 5.26 Å². The molecule has 1 aromatic carbocycles. The maximum atomic E-state index is 13.4. The number of carboxylic acids is 1. The van der Waals surface area contributed by atoms with Crippen LogP contribution in [-0.4, -0.2) is 16.1 Å². The van der Waals surface area contributed by atoms with Crippen LogP contribution >= 0.6 is 11.6 Å². The molecule has 0 unspecified atom stereocenters. The summed E-state index contributed by atoms with van der Waals surface area (Å²) in [4.78, 5) is 14.6. The first kappa shape index (κ1) is 13.8. The topological polar surface area (TPSA) is 83.2 Å². The molecule has 1 aromatic heterocycles. The largest absolute Gasteiger partial charge is 0.476 e. The van der Waals surface area contributed by atoms with Crippen LogP contribution in [0.3, 0.4) is 0 Å². The minimum absolute atomic E-state index is 0.0513. The molecule has 2 aromatic rings. The number of aromatic nitrogens is 1. The fourth-order valence-electron chi connectivity index (χ4n) is 1.44. The van der Waals surface area contributed by atoms with Gasteiger partial charge in [0.15, 0.2) is 5.69 Å². The van der Waals surface area contributed by atoms with Gasteiger partial charge in [-0.3, -0.25) is 0 Å². The van der Waals surface area contributed by atoms with Gasteiger partial charge in [0.25, 0.3) is 0 Å². The van der Waals surface area contributed by atoms with E-state index < -0.39 is 11.8 Å². The van der Waals surface area contributed by atoms with Gasteiger partial charge in [0, 0.05) is 6.07 Å². The number of nitriles is 1. The lowest BCUT2D eigenvalue weighted by atomic mass is 10.2. The van der Waals surface area contributed by atoms with Gasteiger partial charge in [0.05, 0.1) is 5.02 Å². The molecule has 2 rings (SSSR count). The molecule has 20 heavy (non-hydrogen) atoms. The van der Waals surface area contributed by atoms with E-state index in [1.807, 2.05) is 0 Å². The Morgan fingerprint density at radius 2 is 2.15 bits per heavy atom. The second kappa shape index (κ2) is 5.55. The van der Waals surface area contributed by atoms with Gasteiger partial charge in [-0.25, -0.2) is 14.2 Å². The number of aromatic carboxylic acids is 1. The SMILES string of the molecule is N#Cc1c(F)cccc1Oc1ccc(Cl)c(C(=O)O)n1. The zero-order valence-electron chi connectivity index (χ0n) is 9.80. The van der Waals surface area contributed by atoms with Gasteiger partial charge in [0.1, 0.15) is 23.2 Å². The number of rotatable bonds is 3. The standard InChI is InChI=1S/C13H6ClFN2O3/c14-8-4-5-11(17-12(8)13(18)19)20-10-3-1-2-9(15)7(10)6-16/h1-5H,(H,18,19). The first-order valence-corrected chi connectivity index (χ1v) is 5.67. The fraction of sp³-hybridized carbons (Fsp3) is 0. The van der Waals surface area contributed by atoms with Gasteiger partial charge >= 0.3 is 5.97 Å². The Labute approximate surface area is 117 Å². The van der Waals surface area contributed by atoms with E-state index in [9.17, 15) is 9.18 Å². The van der Waals surface area contributed by atoms with Crippen molar-refractivity contribution in [2.45, 2.75) is 0 Å².